The van der Waals surface area contributed by atoms with Crippen LogP contribution < -0.4 is 11.5 Å². The van der Waals surface area contributed by atoms with Crippen molar-refractivity contribution in [1.29, 1.82) is 5.41 Å². The van der Waals surface area contributed by atoms with E-state index in [1.54, 1.807) is 22.0 Å². The van der Waals surface area contributed by atoms with Crippen molar-refractivity contribution in [3.63, 3.8) is 0 Å². The van der Waals surface area contributed by atoms with Gasteiger partial charge in [-0.15, -0.1) is 0 Å². The Bertz CT molecular complexity index is 1990. The number of ketones is 1. The van der Waals surface area contributed by atoms with Crippen LogP contribution in [0.4, 0.5) is 5.82 Å². The predicted molar refractivity (Wildman–Crippen MR) is 166 cm³/mol. The summed E-state index contributed by atoms with van der Waals surface area (Å²) in [5.74, 6) is -0.581. The lowest BCUT2D eigenvalue weighted by Gasteiger charge is -2.39. The average molecular weight is 590 g/mol. The van der Waals surface area contributed by atoms with Gasteiger partial charge in [0, 0.05) is 59.5 Å². The zero-order valence-corrected chi connectivity index (χ0v) is 24.3. The van der Waals surface area contributed by atoms with Crippen molar-refractivity contribution in [1.82, 2.24) is 34.3 Å². The van der Waals surface area contributed by atoms with E-state index < -0.39 is 0 Å². The van der Waals surface area contributed by atoms with Crippen LogP contribution in [0, 0.1) is 5.41 Å². The quantitative estimate of drug-likeness (QED) is 0.158. The monoisotopic (exact) mass is 589 g/mol. The van der Waals surface area contributed by atoms with E-state index in [0.29, 0.717) is 29.7 Å². The number of benzene rings is 1. The highest BCUT2D eigenvalue weighted by Gasteiger charge is 2.45. The van der Waals surface area contributed by atoms with Gasteiger partial charge < -0.3 is 16.4 Å². The minimum absolute atomic E-state index is 0.0724. The third-order valence-electron chi connectivity index (χ3n) is 8.83. The highest BCUT2D eigenvalue weighted by molar-refractivity contribution is 6.38. The number of aryl methyl sites for hydroxylation is 1. The topological polar surface area (TPSA) is 187 Å². The van der Waals surface area contributed by atoms with E-state index in [1.807, 2.05) is 37.5 Å². The van der Waals surface area contributed by atoms with Crippen molar-refractivity contribution >= 4 is 46.2 Å². The molecule has 44 heavy (non-hydrogen) atoms. The average Bonchev–Trinajstić information content (AvgIpc) is 3.68. The molecule has 2 saturated heterocycles. The second-order valence-corrected chi connectivity index (χ2v) is 11.5. The van der Waals surface area contributed by atoms with Crippen LogP contribution >= 0.6 is 0 Å². The maximum atomic E-state index is 13.0. The number of aromatic nitrogens is 6. The number of nitrogen functional groups attached to an aromatic ring is 1. The lowest BCUT2D eigenvalue weighted by atomic mass is 9.85. The molecule has 2 aliphatic rings. The zero-order valence-electron chi connectivity index (χ0n) is 24.3. The van der Waals surface area contributed by atoms with Crippen LogP contribution in [0.5, 0.6) is 0 Å². The summed E-state index contributed by atoms with van der Waals surface area (Å²) in [5, 5.41) is 17.1. The molecule has 13 heteroatoms. The Morgan fingerprint density at radius 1 is 1.09 bits per heavy atom. The SMILES string of the molecule is CC(=O)c1c(C2CC3CCC(C2)N3C(=O)C(N)=NC=N)nc2c(-c3ccc(-c4ccc5nn(C)cc5c4)nc3)cnn2c1N. The maximum absolute atomic E-state index is 13.0. The smallest absolute Gasteiger partial charge is 0.289 e. The lowest BCUT2D eigenvalue weighted by Crippen LogP contribution is -2.50. The number of Topliss-reactive ketones (excluding diaryl/α,β-unsaturated/α-hetero) is 1. The molecule has 0 saturated carbocycles. The summed E-state index contributed by atoms with van der Waals surface area (Å²) in [7, 11) is 1.90. The Balaban J connectivity index is 1.24. The molecule has 5 N–H and O–H groups in total. The number of amides is 1. The van der Waals surface area contributed by atoms with Gasteiger partial charge in [0.05, 0.1) is 28.7 Å². The zero-order chi connectivity index (χ0) is 30.7. The number of carbonyl (C=O) groups excluding carboxylic acids is 2. The van der Waals surface area contributed by atoms with Gasteiger partial charge in [-0.25, -0.2) is 9.98 Å². The van der Waals surface area contributed by atoms with Gasteiger partial charge in [0.2, 0.25) is 0 Å². The molecule has 0 aliphatic carbocycles. The van der Waals surface area contributed by atoms with Gasteiger partial charge in [-0.1, -0.05) is 12.1 Å². The molecule has 1 amide bonds. The molecular formula is C31H31N11O2. The molecule has 2 bridgehead atoms. The van der Waals surface area contributed by atoms with Crippen LogP contribution in [0.2, 0.25) is 0 Å². The fraction of sp³-hybridized carbons (Fsp3) is 0.290. The van der Waals surface area contributed by atoms with Gasteiger partial charge in [0.25, 0.3) is 5.91 Å². The van der Waals surface area contributed by atoms with Crippen LogP contribution in [0.25, 0.3) is 38.9 Å². The Labute approximate surface area is 252 Å². The number of pyridine rings is 1. The van der Waals surface area contributed by atoms with E-state index in [2.05, 4.69) is 21.3 Å². The maximum Gasteiger partial charge on any atom is 0.289 e. The molecule has 0 radical (unpaired) electrons. The number of hydrogen-bond acceptors (Lipinski definition) is 8. The van der Waals surface area contributed by atoms with Crippen molar-refractivity contribution in [3.8, 4) is 22.4 Å². The van der Waals surface area contributed by atoms with Crippen molar-refractivity contribution in [3.05, 3.63) is 60.2 Å². The second-order valence-electron chi connectivity index (χ2n) is 11.5. The Morgan fingerprint density at radius 3 is 2.52 bits per heavy atom. The van der Waals surface area contributed by atoms with E-state index in [-0.39, 0.29) is 41.3 Å². The first-order chi connectivity index (χ1) is 21.2. The van der Waals surface area contributed by atoms with Crippen molar-refractivity contribution in [2.24, 2.45) is 17.8 Å². The first-order valence-electron chi connectivity index (χ1n) is 14.5. The summed E-state index contributed by atoms with van der Waals surface area (Å²) < 4.78 is 3.31. The van der Waals surface area contributed by atoms with Gasteiger partial charge in [0.1, 0.15) is 12.2 Å². The fourth-order valence-corrected chi connectivity index (χ4v) is 6.91. The van der Waals surface area contributed by atoms with E-state index in [0.717, 1.165) is 52.5 Å². The Morgan fingerprint density at radius 2 is 1.84 bits per heavy atom. The molecule has 13 nitrogen and oxygen atoms in total. The standard InChI is InChI=1S/C31H31N11O2/c1-16(43)26-27(19-10-21-5-6-22(11-19)41(21)31(44)28(33)36-15-32)38-30-23(13-37-42(30)29(26)34)18-4-7-24(35-12-18)17-3-8-25-20(9-17)14-40(2)39-25/h3-4,7-9,12-15,19,21-22H,5-6,10-11,34H2,1-2H3,(H3,32,33,36). The molecule has 2 unspecified atom stereocenters. The third kappa shape index (κ3) is 4.39. The molecule has 6 heterocycles. The largest absolute Gasteiger partial charge is 0.383 e. The van der Waals surface area contributed by atoms with E-state index in [9.17, 15) is 9.59 Å². The molecule has 7 rings (SSSR count). The van der Waals surface area contributed by atoms with Gasteiger partial charge in [0.15, 0.2) is 17.3 Å². The minimum atomic E-state index is -0.358. The number of amidine groups is 1. The van der Waals surface area contributed by atoms with Crippen LogP contribution in [0.3, 0.4) is 0 Å². The van der Waals surface area contributed by atoms with Crippen LogP contribution in [-0.2, 0) is 11.8 Å². The number of anilines is 1. The van der Waals surface area contributed by atoms with Gasteiger partial charge >= 0.3 is 0 Å². The van der Waals surface area contributed by atoms with Gasteiger partial charge in [-0.2, -0.15) is 14.7 Å². The number of fused-ring (bicyclic) bond motifs is 4. The number of hydrogen-bond donors (Lipinski definition) is 3. The van der Waals surface area contributed by atoms with Crippen LogP contribution in [0.1, 0.15) is 54.6 Å². The number of aliphatic imine (C=N–C) groups is 1. The summed E-state index contributed by atoms with van der Waals surface area (Å²) in [5.41, 5.74) is 18.3. The summed E-state index contributed by atoms with van der Waals surface area (Å²) in [6, 6.07) is 9.85. The highest BCUT2D eigenvalue weighted by atomic mass is 16.2. The van der Waals surface area contributed by atoms with Gasteiger partial charge in [-0.3, -0.25) is 24.7 Å². The first kappa shape index (κ1) is 27.4. The number of nitrogens with zero attached hydrogens (tertiary/aromatic N) is 8. The highest BCUT2D eigenvalue weighted by Crippen LogP contribution is 2.44. The lowest BCUT2D eigenvalue weighted by molar-refractivity contribution is -0.128. The molecule has 4 aromatic heterocycles. The van der Waals surface area contributed by atoms with Crippen molar-refractivity contribution in [2.45, 2.75) is 50.6 Å². The molecule has 1 aromatic carbocycles. The van der Waals surface area contributed by atoms with Crippen molar-refractivity contribution < 1.29 is 9.59 Å². The Hall–Kier alpha value is -5.46. The molecule has 5 aromatic rings. The minimum Gasteiger partial charge on any atom is -0.383 e. The molecular weight excluding hydrogens is 558 g/mol. The number of piperidine rings is 1. The number of nitrogens with one attached hydrogen (secondary N) is 1. The molecule has 0 spiro atoms. The van der Waals surface area contributed by atoms with E-state index in [1.165, 1.54) is 11.4 Å². The second kappa shape index (κ2) is 10.4. The normalized spacial score (nSPS) is 20.0. The van der Waals surface area contributed by atoms with E-state index in [4.69, 9.17) is 26.8 Å². The molecule has 2 atom stereocenters. The summed E-state index contributed by atoms with van der Waals surface area (Å²) in [4.78, 5) is 41.2. The third-order valence-corrected chi connectivity index (χ3v) is 8.83. The summed E-state index contributed by atoms with van der Waals surface area (Å²) in [6.07, 6.45) is 9.11. The first-order valence-corrected chi connectivity index (χ1v) is 14.5. The molecule has 222 valence electrons. The van der Waals surface area contributed by atoms with Gasteiger partial charge in [-0.05, 0) is 50.8 Å². The predicted octanol–water partition coefficient (Wildman–Crippen LogP) is 3.33. The molecule has 2 aliphatic heterocycles. The van der Waals surface area contributed by atoms with Crippen molar-refractivity contribution in [2.75, 3.05) is 5.73 Å². The number of nitrogens with two attached hydrogens (primary N) is 2. The summed E-state index contributed by atoms with van der Waals surface area (Å²) in [6.45, 7) is 1.49. The Kier molecular flexibility index (Phi) is 6.45. The van der Waals surface area contributed by atoms with Crippen LogP contribution in [0.15, 0.2) is 53.9 Å². The van der Waals surface area contributed by atoms with Crippen LogP contribution in [-0.4, -0.2) is 70.2 Å². The fourth-order valence-electron chi connectivity index (χ4n) is 6.91. The van der Waals surface area contributed by atoms with E-state index >= 15 is 0 Å². The molecule has 2 fully saturated rings. The number of rotatable bonds is 5. The summed E-state index contributed by atoms with van der Waals surface area (Å²) >= 11 is 0. The number of carbonyl (C=O) groups is 2.